The number of likely N-dealkylation sites (tertiary alicyclic amines) is 2. The third kappa shape index (κ3) is 3.97. The Labute approximate surface area is 171 Å². The number of aromatic nitrogens is 2. The molecule has 0 bridgehead atoms. The van der Waals surface area contributed by atoms with E-state index in [2.05, 4.69) is 30.9 Å². The van der Waals surface area contributed by atoms with E-state index in [-0.39, 0.29) is 12.1 Å². The monoisotopic (exact) mass is 395 g/mol. The van der Waals surface area contributed by atoms with Crippen molar-refractivity contribution in [3.05, 3.63) is 59.2 Å². The van der Waals surface area contributed by atoms with Gasteiger partial charge in [-0.05, 0) is 56.4 Å². The van der Waals surface area contributed by atoms with Gasteiger partial charge in [-0.1, -0.05) is 12.1 Å². The summed E-state index contributed by atoms with van der Waals surface area (Å²) >= 11 is 0. The van der Waals surface area contributed by atoms with Crippen LogP contribution in [0.2, 0.25) is 0 Å². The van der Waals surface area contributed by atoms with Crippen LogP contribution in [0.25, 0.3) is 0 Å². The number of carbonyl (C=O) groups is 1. The van der Waals surface area contributed by atoms with Gasteiger partial charge in [0, 0.05) is 37.9 Å². The van der Waals surface area contributed by atoms with Crippen LogP contribution >= 0.6 is 0 Å². The molecule has 2 aliphatic heterocycles. The van der Waals surface area contributed by atoms with Crippen molar-refractivity contribution >= 4 is 6.03 Å². The molecule has 154 valence electrons. The zero-order valence-corrected chi connectivity index (χ0v) is 17.1. The SMILES string of the molecule is Cc1cccnc1[C@H]1CCC[C@@H](c2ncccc2C)N1CC1CN(C(=O)NO)C1. The maximum absolute atomic E-state index is 11.6. The van der Waals surface area contributed by atoms with Gasteiger partial charge in [0.25, 0.3) is 0 Å². The molecule has 0 unspecified atom stereocenters. The Balaban J connectivity index is 1.62. The molecule has 2 aromatic heterocycles. The van der Waals surface area contributed by atoms with Gasteiger partial charge in [-0.2, -0.15) is 0 Å². The maximum Gasteiger partial charge on any atom is 0.341 e. The fraction of sp³-hybridized carbons (Fsp3) is 0.500. The predicted molar refractivity (Wildman–Crippen MR) is 109 cm³/mol. The smallest absolute Gasteiger partial charge is 0.322 e. The minimum Gasteiger partial charge on any atom is -0.322 e. The molecule has 2 aromatic rings. The summed E-state index contributed by atoms with van der Waals surface area (Å²) in [6.45, 7) is 6.46. The van der Waals surface area contributed by atoms with E-state index < -0.39 is 6.03 Å². The molecule has 0 aliphatic carbocycles. The summed E-state index contributed by atoms with van der Waals surface area (Å²) in [5.41, 5.74) is 6.46. The predicted octanol–water partition coefficient (Wildman–Crippen LogP) is 3.39. The third-order valence-corrected chi connectivity index (χ3v) is 6.30. The van der Waals surface area contributed by atoms with Crippen LogP contribution in [0, 0.1) is 19.8 Å². The second-order valence-corrected chi connectivity index (χ2v) is 8.26. The summed E-state index contributed by atoms with van der Waals surface area (Å²) in [5.74, 6) is 0.378. The number of pyridine rings is 2. The Bertz CT molecular complexity index is 814. The molecule has 4 heterocycles. The van der Waals surface area contributed by atoms with Crippen LogP contribution in [-0.2, 0) is 0 Å². The fourth-order valence-electron chi connectivity index (χ4n) is 4.81. The molecule has 0 spiro atoms. The van der Waals surface area contributed by atoms with E-state index >= 15 is 0 Å². The first-order chi connectivity index (χ1) is 14.1. The summed E-state index contributed by atoms with van der Waals surface area (Å²) < 4.78 is 0. The summed E-state index contributed by atoms with van der Waals surface area (Å²) in [7, 11) is 0. The maximum atomic E-state index is 11.6. The zero-order chi connectivity index (χ0) is 20.4. The van der Waals surface area contributed by atoms with Crippen molar-refractivity contribution < 1.29 is 10.0 Å². The number of nitrogens with zero attached hydrogens (tertiary/aromatic N) is 4. The minimum atomic E-state index is -0.422. The van der Waals surface area contributed by atoms with Crippen LogP contribution in [-0.4, -0.2) is 50.6 Å². The lowest BCUT2D eigenvalue weighted by Crippen LogP contribution is -2.57. The summed E-state index contributed by atoms with van der Waals surface area (Å²) in [5, 5.41) is 8.85. The van der Waals surface area contributed by atoms with Gasteiger partial charge in [0.2, 0.25) is 0 Å². The largest absolute Gasteiger partial charge is 0.341 e. The first-order valence-corrected chi connectivity index (χ1v) is 10.4. The van der Waals surface area contributed by atoms with Crippen molar-refractivity contribution in [1.29, 1.82) is 0 Å². The number of urea groups is 1. The van der Waals surface area contributed by atoms with E-state index in [4.69, 9.17) is 15.2 Å². The molecule has 7 nitrogen and oxygen atoms in total. The van der Waals surface area contributed by atoms with Crippen molar-refractivity contribution in [3.63, 3.8) is 0 Å². The average molecular weight is 396 g/mol. The molecular formula is C22H29N5O2. The average Bonchev–Trinajstić information content (AvgIpc) is 2.71. The molecule has 7 heteroatoms. The van der Waals surface area contributed by atoms with Crippen molar-refractivity contribution in [1.82, 2.24) is 25.2 Å². The lowest BCUT2D eigenvalue weighted by molar-refractivity contribution is 0.0154. The van der Waals surface area contributed by atoms with Crippen LogP contribution in [0.3, 0.4) is 0 Å². The third-order valence-electron chi connectivity index (χ3n) is 6.30. The molecule has 0 saturated carbocycles. The number of carbonyl (C=O) groups excluding carboxylic acids is 1. The van der Waals surface area contributed by atoms with Gasteiger partial charge < -0.3 is 4.90 Å². The Hall–Kier alpha value is -2.51. The number of aryl methyl sites for hydroxylation is 2. The molecule has 0 aromatic carbocycles. The Morgan fingerprint density at radius 1 is 1.07 bits per heavy atom. The van der Waals surface area contributed by atoms with Crippen LogP contribution < -0.4 is 5.48 Å². The van der Waals surface area contributed by atoms with Gasteiger partial charge in [-0.15, -0.1) is 0 Å². The van der Waals surface area contributed by atoms with E-state index in [0.29, 0.717) is 19.0 Å². The van der Waals surface area contributed by atoms with Crippen LogP contribution in [0.15, 0.2) is 36.7 Å². The lowest BCUT2D eigenvalue weighted by atomic mass is 9.87. The number of nitrogens with one attached hydrogen (secondary N) is 1. The molecule has 2 amide bonds. The number of hydroxylamine groups is 1. The van der Waals surface area contributed by atoms with Gasteiger partial charge in [0.1, 0.15) is 0 Å². The first-order valence-electron chi connectivity index (χ1n) is 10.4. The Kier molecular flexibility index (Phi) is 5.78. The Morgan fingerprint density at radius 3 is 2.10 bits per heavy atom. The molecule has 2 N–H and O–H groups in total. The second kappa shape index (κ2) is 8.47. The topological polar surface area (TPSA) is 81.6 Å². The number of hydrogen-bond donors (Lipinski definition) is 2. The zero-order valence-electron chi connectivity index (χ0n) is 17.1. The van der Waals surface area contributed by atoms with Crippen LogP contribution in [0.4, 0.5) is 4.79 Å². The number of hydrogen-bond acceptors (Lipinski definition) is 5. The van der Waals surface area contributed by atoms with E-state index in [1.165, 1.54) is 11.1 Å². The minimum absolute atomic E-state index is 0.247. The molecule has 2 fully saturated rings. The van der Waals surface area contributed by atoms with Crippen LogP contribution in [0.1, 0.15) is 53.9 Å². The molecule has 2 saturated heterocycles. The standard InChI is InChI=1S/C22H29N5O2/c1-15-6-4-10-23-20(15)18-8-3-9-19(21-16(2)7-5-11-24-21)27(18)14-17-12-26(13-17)22(28)25-29/h4-7,10-11,17-19,29H,3,8-9,12-14H2,1-2H3,(H,25,28)/t18-,19+. The second-order valence-electron chi connectivity index (χ2n) is 8.26. The Morgan fingerprint density at radius 2 is 1.62 bits per heavy atom. The molecule has 2 aliphatic rings. The van der Waals surface area contributed by atoms with Crippen molar-refractivity contribution in [3.8, 4) is 0 Å². The van der Waals surface area contributed by atoms with Gasteiger partial charge in [0.15, 0.2) is 0 Å². The van der Waals surface area contributed by atoms with Gasteiger partial charge in [-0.3, -0.25) is 20.1 Å². The first kappa shape index (κ1) is 19.8. The molecule has 29 heavy (non-hydrogen) atoms. The van der Waals surface area contributed by atoms with E-state index in [9.17, 15) is 4.79 Å². The van der Waals surface area contributed by atoms with Crippen molar-refractivity contribution in [2.24, 2.45) is 5.92 Å². The molecule has 2 atom stereocenters. The van der Waals surface area contributed by atoms with E-state index in [1.807, 2.05) is 24.5 Å². The van der Waals surface area contributed by atoms with Crippen molar-refractivity contribution in [2.75, 3.05) is 19.6 Å². The summed E-state index contributed by atoms with van der Waals surface area (Å²) in [4.78, 5) is 25.3. The summed E-state index contributed by atoms with van der Waals surface area (Å²) in [6, 6.07) is 8.32. The highest BCUT2D eigenvalue weighted by Gasteiger charge is 2.39. The molecule has 0 radical (unpaired) electrons. The number of rotatable bonds is 4. The fourth-order valence-corrected chi connectivity index (χ4v) is 4.81. The van der Waals surface area contributed by atoms with E-state index in [1.54, 1.807) is 10.4 Å². The van der Waals surface area contributed by atoms with E-state index in [0.717, 1.165) is 37.2 Å². The quantitative estimate of drug-likeness (QED) is 0.613. The van der Waals surface area contributed by atoms with Crippen molar-refractivity contribution in [2.45, 2.75) is 45.2 Å². The molecule has 4 rings (SSSR count). The van der Waals surface area contributed by atoms with Crippen LogP contribution in [0.5, 0.6) is 0 Å². The molecular weight excluding hydrogens is 366 g/mol. The lowest BCUT2D eigenvalue weighted by Gasteiger charge is -2.47. The highest BCUT2D eigenvalue weighted by Crippen LogP contribution is 2.43. The number of amides is 2. The van der Waals surface area contributed by atoms with Gasteiger partial charge in [-0.25, -0.2) is 10.3 Å². The highest BCUT2D eigenvalue weighted by molar-refractivity contribution is 5.73. The van der Waals surface area contributed by atoms with Gasteiger partial charge in [0.05, 0.1) is 23.5 Å². The van der Waals surface area contributed by atoms with Gasteiger partial charge >= 0.3 is 6.03 Å². The number of piperidine rings is 1. The normalized spacial score (nSPS) is 22.9. The highest BCUT2D eigenvalue weighted by atomic mass is 16.5. The summed E-state index contributed by atoms with van der Waals surface area (Å²) in [6.07, 6.45) is 7.06.